The van der Waals surface area contributed by atoms with Gasteiger partial charge in [-0.15, -0.1) is 0 Å². The predicted octanol–water partition coefficient (Wildman–Crippen LogP) is 4.52. The second-order valence-corrected chi connectivity index (χ2v) is 11.0. The molecule has 4 fully saturated rings. The average Bonchev–Trinajstić information content (AvgIpc) is 3.01. The van der Waals surface area contributed by atoms with Gasteiger partial charge >= 0.3 is 0 Å². The standard InChI is InChI=1S/C23H32N4O/c1-22(2,3)27-6-5-16-19(17(20(24)28)12-25-21(16)27)26-18-14-7-13-8-15(18)11-23(4,9-13)10-14/h5-6,12-15,18H,7-11H2,1-4H3,(H2,24,28)(H,25,26)/t13?,14-,15?,18?,23?/m1/s1. The molecule has 4 bridgehead atoms. The van der Waals surface area contributed by atoms with E-state index in [0.717, 1.165) is 22.6 Å². The van der Waals surface area contributed by atoms with E-state index < -0.39 is 5.91 Å². The summed E-state index contributed by atoms with van der Waals surface area (Å²) in [5, 5.41) is 4.85. The number of nitrogens with one attached hydrogen (secondary N) is 1. The lowest BCUT2D eigenvalue weighted by Gasteiger charge is -2.59. The second-order valence-electron chi connectivity index (χ2n) is 11.0. The van der Waals surface area contributed by atoms with Gasteiger partial charge in [-0.05, 0) is 82.1 Å². The number of amides is 1. The highest BCUT2D eigenvalue weighted by Crippen LogP contribution is 2.60. The number of fused-ring (bicyclic) bond motifs is 1. The third kappa shape index (κ3) is 2.66. The summed E-state index contributed by atoms with van der Waals surface area (Å²) in [4.78, 5) is 16.8. The van der Waals surface area contributed by atoms with Gasteiger partial charge in [-0.25, -0.2) is 4.98 Å². The van der Waals surface area contributed by atoms with Crippen LogP contribution < -0.4 is 11.1 Å². The number of hydrogen-bond acceptors (Lipinski definition) is 3. The highest BCUT2D eigenvalue weighted by Gasteiger charge is 2.53. The fourth-order valence-corrected chi connectivity index (χ4v) is 6.80. The van der Waals surface area contributed by atoms with Crippen LogP contribution in [0.25, 0.3) is 11.0 Å². The van der Waals surface area contributed by atoms with E-state index in [1.165, 1.54) is 32.1 Å². The van der Waals surface area contributed by atoms with Gasteiger partial charge in [0.1, 0.15) is 5.65 Å². The van der Waals surface area contributed by atoms with E-state index in [2.05, 4.69) is 54.8 Å². The van der Waals surface area contributed by atoms with E-state index in [0.29, 0.717) is 28.9 Å². The lowest BCUT2D eigenvalue weighted by Crippen LogP contribution is -2.55. The molecule has 4 aliphatic rings. The van der Waals surface area contributed by atoms with Crippen molar-refractivity contribution in [3.05, 3.63) is 24.0 Å². The summed E-state index contributed by atoms with van der Waals surface area (Å²) in [6.07, 6.45) is 10.4. The lowest BCUT2D eigenvalue weighted by atomic mass is 9.48. The number of anilines is 1. The number of nitrogens with zero attached hydrogens (tertiary/aromatic N) is 2. The topological polar surface area (TPSA) is 72.9 Å². The quantitative estimate of drug-likeness (QED) is 0.822. The van der Waals surface area contributed by atoms with E-state index in [1.54, 1.807) is 6.20 Å². The molecule has 150 valence electrons. The first-order chi connectivity index (χ1) is 13.1. The molecule has 5 nitrogen and oxygen atoms in total. The Morgan fingerprint density at radius 1 is 1.25 bits per heavy atom. The Kier molecular flexibility index (Phi) is 3.69. The van der Waals surface area contributed by atoms with Crippen LogP contribution in [0.15, 0.2) is 18.5 Å². The van der Waals surface area contributed by atoms with Crippen molar-refractivity contribution in [3.63, 3.8) is 0 Å². The fraction of sp³-hybridized carbons (Fsp3) is 0.652. The minimum Gasteiger partial charge on any atom is -0.380 e. The van der Waals surface area contributed by atoms with Crippen LogP contribution in [0, 0.1) is 23.2 Å². The van der Waals surface area contributed by atoms with Gasteiger partial charge in [0.05, 0.1) is 11.3 Å². The molecule has 2 heterocycles. The third-order valence-corrected chi connectivity index (χ3v) is 7.59. The molecule has 4 saturated carbocycles. The summed E-state index contributed by atoms with van der Waals surface area (Å²) in [5.74, 6) is 1.89. The summed E-state index contributed by atoms with van der Waals surface area (Å²) in [6.45, 7) is 8.99. The fourth-order valence-electron chi connectivity index (χ4n) is 6.80. The molecule has 0 saturated heterocycles. The Hall–Kier alpha value is -2.04. The number of rotatable bonds is 3. The summed E-state index contributed by atoms with van der Waals surface area (Å²) < 4.78 is 2.18. The molecule has 5 heteroatoms. The lowest BCUT2D eigenvalue weighted by molar-refractivity contribution is -0.0504. The SMILES string of the molecule is CC12CC3CC(C1)C(Nc1c(C(N)=O)cnc4c1ccn4C(C)(C)C)[C@H](C3)C2. The summed E-state index contributed by atoms with van der Waals surface area (Å²) in [7, 11) is 0. The summed E-state index contributed by atoms with van der Waals surface area (Å²) >= 11 is 0. The van der Waals surface area contributed by atoms with E-state index in [-0.39, 0.29) is 5.54 Å². The highest BCUT2D eigenvalue weighted by atomic mass is 16.1. The minimum absolute atomic E-state index is 0.0719. The molecule has 3 N–H and O–H groups in total. The molecule has 0 aliphatic heterocycles. The molecular formula is C23H32N4O. The first-order valence-corrected chi connectivity index (χ1v) is 10.7. The zero-order valence-electron chi connectivity index (χ0n) is 17.5. The number of nitrogens with two attached hydrogens (primary N) is 1. The summed E-state index contributed by atoms with van der Waals surface area (Å²) in [5.41, 5.74) is 8.52. The van der Waals surface area contributed by atoms with Crippen LogP contribution in [0.2, 0.25) is 0 Å². The highest BCUT2D eigenvalue weighted by molar-refractivity contribution is 6.06. The summed E-state index contributed by atoms with van der Waals surface area (Å²) in [6, 6.07) is 2.52. The predicted molar refractivity (Wildman–Crippen MR) is 112 cm³/mol. The van der Waals surface area contributed by atoms with Gasteiger partial charge < -0.3 is 15.6 Å². The Labute approximate surface area is 167 Å². The van der Waals surface area contributed by atoms with Crippen LogP contribution in [0.3, 0.4) is 0 Å². The monoisotopic (exact) mass is 380 g/mol. The van der Waals surface area contributed by atoms with E-state index in [4.69, 9.17) is 5.73 Å². The number of hydrogen-bond donors (Lipinski definition) is 2. The van der Waals surface area contributed by atoms with E-state index in [9.17, 15) is 4.79 Å². The van der Waals surface area contributed by atoms with E-state index >= 15 is 0 Å². The molecule has 2 aromatic heterocycles. The van der Waals surface area contributed by atoms with Gasteiger partial charge in [-0.1, -0.05) is 6.92 Å². The molecule has 1 amide bonds. The molecule has 0 spiro atoms. The largest absolute Gasteiger partial charge is 0.380 e. The maximum absolute atomic E-state index is 12.2. The zero-order chi connectivity index (χ0) is 19.8. The average molecular weight is 381 g/mol. The molecule has 6 rings (SSSR count). The second kappa shape index (κ2) is 5.74. The number of primary amides is 1. The Morgan fingerprint density at radius 2 is 1.93 bits per heavy atom. The smallest absolute Gasteiger partial charge is 0.252 e. The van der Waals surface area contributed by atoms with Crippen LogP contribution in [-0.4, -0.2) is 21.5 Å². The first kappa shape index (κ1) is 18.0. The third-order valence-electron chi connectivity index (χ3n) is 7.59. The van der Waals surface area contributed by atoms with Gasteiger partial charge in [-0.2, -0.15) is 0 Å². The van der Waals surface area contributed by atoms with Crippen molar-refractivity contribution in [1.29, 1.82) is 0 Å². The van der Waals surface area contributed by atoms with Crippen molar-refractivity contribution in [2.75, 3.05) is 5.32 Å². The van der Waals surface area contributed by atoms with Gasteiger partial charge in [0, 0.05) is 29.4 Å². The molecule has 4 unspecified atom stereocenters. The maximum Gasteiger partial charge on any atom is 0.252 e. The molecule has 2 aromatic rings. The first-order valence-electron chi connectivity index (χ1n) is 10.7. The van der Waals surface area contributed by atoms with Gasteiger partial charge in [-0.3, -0.25) is 4.79 Å². The van der Waals surface area contributed by atoms with E-state index in [1.807, 2.05) is 0 Å². The Bertz CT molecular complexity index is 937. The molecule has 5 atom stereocenters. The molecule has 0 radical (unpaired) electrons. The van der Waals surface area contributed by atoms with Crippen LogP contribution in [0.5, 0.6) is 0 Å². The zero-order valence-corrected chi connectivity index (χ0v) is 17.5. The van der Waals surface area contributed by atoms with Gasteiger partial charge in [0.2, 0.25) is 0 Å². The maximum atomic E-state index is 12.2. The van der Waals surface area contributed by atoms with Gasteiger partial charge in [0.15, 0.2) is 0 Å². The molecule has 0 aromatic carbocycles. The van der Waals surface area contributed by atoms with Crippen molar-refractivity contribution in [2.24, 2.45) is 28.9 Å². The van der Waals surface area contributed by atoms with Crippen molar-refractivity contribution >= 4 is 22.6 Å². The van der Waals surface area contributed by atoms with Crippen molar-refractivity contribution in [1.82, 2.24) is 9.55 Å². The van der Waals surface area contributed by atoms with Gasteiger partial charge in [0.25, 0.3) is 5.91 Å². The Morgan fingerprint density at radius 3 is 2.50 bits per heavy atom. The Balaban J connectivity index is 1.57. The molecule has 4 aliphatic carbocycles. The number of carbonyl (C=O) groups excluding carboxylic acids is 1. The molecular weight excluding hydrogens is 348 g/mol. The van der Waals surface area contributed by atoms with Crippen molar-refractivity contribution in [3.8, 4) is 0 Å². The van der Waals surface area contributed by atoms with Crippen LogP contribution in [0.1, 0.15) is 70.2 Å². The van der Waals surface area contributed by atoms with Crippen LogP contribution in [-0.2, 0) is 5.54 Å². The van der Waals surface area contributed by atoms with Crippen molar-refractivity contribution in [2.45, 2.75) is 71.4 Å². The van der Waals surface area contributed by atoms with Crippen molar-refractivity contribution < 1.29 is 4.79 Å². The van der Waals surface area contributed by atoms with Crippen LogP contribution in [0.4, 0.5) is 5.69 Å². The number of pyridine rings is 1. The minimum atomic E-state index is -0.406. The van der Waals surface area contributed by atoms with Crippen LogP contribution >= 0.6 is 0 Å². The molecule has 28 heavy (non-hydrogen) atoms. The normalized spacial score (nSPS) is 34.1. The number of aromatic nitrogens is 2. The number of carbonyl (C=O) groups is 1.